The summed E-state index contributed by atoms with van der Waals surface area (Å²) in [6.07, 6.45) is 2.08. The minimum atomic E-state index is -0.250. The molecule has 1 saturated heterocycles. The van der Waals surface area contributed by atoms with Gasteiger partial charge >= 0.3 is 0 Å². The van der Waals surface area contributed by atoms with Crippen molar-refractivity contribution in [3.05, 3.63) is 59.7 Å². The minimum Gasteiger partial charge on any atom is -0.497 e. The highest BCUT2D eigenvalue weighted by Gasteiger charge is 2.26. The van der Waals surface area contributed by atoms with Gasteiger partial charge in [0.15, 0.2) is 0 Å². The number of aryl methyl sites for hydroxylation is 1. The molecule has 0 saturated carbocycles. The van der Waals surface area contributed by atoms with Crippen LogP contribution in [0.2, 0.25) is 0 Å². The van der Waals surface area contributed by atoms with Crippen molar-refractivity contribution in [2.75, 3.05) is 38.6 Å². The van der Waals surface area contributed by atoms with Crippen LogP contribution in [0.1, 0.15) is 50.7 Å². The summed E-state index contributed by atoms with van der Waals surface area (Å²) in [6.45, 7) is 9.11. The predicted octanol–water partition coefficient (Wildman–Crippen LogP) is 4.31. The number of anilines is 1. The number of amides is 2. The molecule has 1 atom stereocenters. The molecule has 178 valence electrons. The quantitative estimate of drug-likeness (QED) is 0.650. The first-order chi connectivity index (χ1) is 15.9. The van der Waals surface area contributed by atoms with E-state index >= 15 is 0 Å². The van der Waals surface area contributed by atoms with Crippen molar-refractivity contribution < 1.29 is 14.3 Å². The van der Waals surface area contributed by atoms with Gasteiger partial charge in [-0.25, -0.2) is 0 Å². The molecule has 1 fully saturated rings. The monoisotopic (exact) mass is 451 g/mol. The summed E-state index contributed by atoms with van der Waals surface area (Å²) in [5, 5.41) is 3.12. The minimum absolute atomic E-state index is 0.00221. The van der Waals surface area contributed by atoms with Crippen molar-refractivity contribution in [3.8, 4) is 5.75 Å². The molecular formula is C27H37N3O3. The van der Waals surface area contributed by atoms with E-state index in [1.165, 1.54) is 0 Å². The van der Waals surface area contributed by atoms with Crippen LogP contribution in [0, 0.1) is 0 Å². The molecule has 1 N–H and O–H groups in total. The van der Waals surface area contributed by atoms with Gasteiger partial charge in [0.2, 0.25) is 11.8 Å². The van der Waals surface area contributed by atoms with E-state index in [9.17, 15) is 9.59 Å². The van der Waals surface area contributed by atoms with Gasteiger partial charge in [-0.05, 0) is 55.0 Å². The Morgan fingerprint density at radius 3 is 2.39 bits per heavy atom. The first-order valence-corrected chi connectivity index (χ1v) is 11.9. The topological polar surface area (TPSA) is 61.9 Å². The molecule has 2 amide bonds. The Morgan fingerprint density at radius 2 is 1.70 bits per heavy atom. The Morgan fingerprint density at radius 1 is 0.970 bits per heavy atom. The number of nitrogens with one attached hydrogen (secondary N) is 1. The molecule has 1 aliphatic rings. The number of methoxy groups -OCH3 is 1. The van der Waals surface area contributed by atoms with Crippen LogP contribution >= 0.6 is 0 Å². The van der Waals surface area contributed by atoms with Crippen molar-refractivity contribution in [3.63, 3.8) is 0 Å². The lowest BCUT2D eigenvalue weighted by Crippen LogP contribution is -2.44. The standard InChI is InChI=1S/C27H37N3O3/c1-20(2)24-8-5-6-9-25(24)28-27(32)21(3)29-16-7-17-30(19-18-29)26(31)15-12-22-10-13-23(33-4)14-11-22/h5-6,8-11,13-14,20-21H,7,12,15-19H2,1-4H3,(H,28,32). The molecule has 6 nitrogen and oxygen atoms in total. The summed E-state index contributed by atoms with van der Waals surface area (Å²) < 4.78 is 5.19. The second kappa shape index (κ2) is 11.8. The lowest BCUT2D eigenvalue weighted by Gasteiger charge is -2.27. The number of ether oxygens (including phenoxy) is 1. The number of rotatable bonds is 8. The van der Waals surface area contributed by atoms with Crippen LogP contribution in [0.5, 0.6) is 5.75 Å². The van der Waals surface area contributed by atoms with Gasteiger partial charge < -0.3 is 15.0 Å². The maximum atomic E-state index is 13.0. The molecular weight excluding hydrogens is 414 g/mol. The van der Waals surface area contributed by atoms with Crippen molar-refractivity contribution in [2.45, 2.75) is 52.0 Å². The fraction of sp³-hybridized carbons (Fsp3) is 0.481. The van der Waals surface area contributed by atoms with E-state index in [0.717, 1.165) is 48.5 Å². The summed E-state index contributed by atoms with van der Waals surface area (Å²) >= 11 is 0. The van der Waals surface area contributed by atoms with Crippen molar-refractivity contribution in [1.82, 2.24) is 9.80 Å². The highest BCUT2D eigenvalue weighted by atomic mass is 16.5. The summed E-state index contributed by atoms with van der Waals surface area (Å²) in [4.78, 5) is 29.9. The third-order valence-electron chi connectivity index (χ3n) is 6.44. The van der Waals surface area contributed by atoms with E-state index in [2.05, 4.69) is 30.1 Å². The molecule has 3 rings (SSSR count). The lowest BCUT2D eigenvalue weighted by atomic mass is 10.0. The van der Waals surface area contributed by atoms with E-state index in [4.69, 9.17) is 4.74 Å². The summed E-state index contributed by atoms with van der Waals surface area (Å²) in [6, 6.07) is 15.6. The second-order valence-electron chi connectivity index (χ2n) is 9.03. The Labute approximate surface area is 197 Å². The average Bonchev–Trinajstić information content (AvgIpc) is 3.09. The number of carbonyl (C=O) groups is 2. The van der Waals surface area contributed by atoms with Gasteiger partial charge in [-0.2, -0.15) is 0 Å². The van der Waals surface area contributed by atoms with Crippen LogP contribution in [-0.4, -0.2) is 60.9 Å². The number of benzene rings is 2. The molecule has 0 spiro atoms. The maximum absolute atomic E-state index is 13.0. The highest BCUT2D eigenvalue weighted by molar-refractivity contribution is 5.95. The Bertz CT molecular complexity index is 926. The zero-order chi connectivity index (χ0) is 23.8. The van der Waals surface area contributed by atoms with Crippen LogP contribution in [0.3, 0.4) is 0 Å². The van der Waals surface area contributed by atoms with Crippen molar-refractivity contribution >= 4 is 17.5 Å². The molecule has 0 radical (unpaired) electrons. The van der Waals surface area contributed by atoms with Gasteiger partial charge in [0.05, 0.1) is 13.2 Å². The predicted molar refractivity (Wildman–Crippen MR) is 133 cm³/mol. The highest BCUT2D eigenvalue weighted by Crippen LogP contribution is 2.24. The molecule has 2 aromatic carbocycles. The van der Waals surface area contributed by atoms with Crippen LogP contribution in [0.15, 0.2) is 48.5 Å². The van der Waals surface area contributed by atoms with Gasteiger partial charge in [0.1, 0.15) is 5.75 Å². The van der Waals surface area contributed by atoms with Gasteiger partial charge in [-0.1, -0.05) is 44.2 Å². The van der Waals surface area contributed by atoms with Crippen LogP contribution < -0.4 is 10.1 Å². The van der Waals surface area contributed by atoms with Gasteiger partial charge in [-0.15, -0.1) is 0 Å². The summed E-state index contributed by atoms with van der Waals surface area (Å²) in [7, 11) is 1.65. The molecule has 0 aliphatic carbocycles. The Kier molecular flexibility index (Phi) is 8.89. The normalized spacial score (nSPS) is 15.7. The number of hydrogen-bond acceptors (Lipinski definition) is 4. The zero-order valence-corrected chi connectivity index (χ0v) is 20.3. The van der Waals surface area contributed by atoms with Gasteiger partial charge in [-0.3, -0.25) is 14.5 Å². The average molecular weight is 452 g/mol. The van der Waals surface area contributed by atoms with Gasteiger partial charge in [0, 0.05) is 38.3 Å². The van der Waals surface area contributed by atoms with Gasteiger partial charge in [0.25, 0.3) is 0 Å². The molecule has 0 bridgehead atoms. The van der Waals surface area contributed by atoms with Crippen LogP contribution in [0.4, 0.5) is 5.69 Å². The summed E-state index contributed by atoms with van der Waals surface area (Å²) in [5.74, 6) is 1.34. The maximum Gasteiger partial charge on any atom is 0.241 e. The number of carbonyl (C=O) groups excluding carboxylic acids is 2. The van der Waals surface area contributed by atoms with E-state index < -0.39 is 0 Å². The number of nitrogens with zero attached hydrogens (tertiary/aromatic N) is 2. The smallest absolute Gasteiger partial charge is 0.241 e. The second-order valence-corrected chi connectivity index (χ2v) is 9.03. The first kappa shape index (κ1) is 24.8. The fourth-order valence-corrected chi connectivity index (χ4v) is 4.29. The fourth-order valence-electron chi connectivity index (χ4n) is 4.29. The van der Waals surface area contributed by atoms with Crippen molar-refractivity contribution in [1.29, 1.82) is 0 Å². The van der Waals surface area contributed by atoms with Crippen LogP contribution in [0.25, 0.3) is 0 Å². The van der Waals surface area contributed by atoms with Crippen molar-refractivity contribution in [2.24, 2.45) is 0 Å². The van der Waals surface area contributed by atoms with E-state index in [1.54, 1.807) is 7.11 Å². The van der Waals surface area contributed by atoms with E-state index in [1.807, 2.05) is 54.3 Å². The van der Waals surface area contributed by atoms with E-state index in [-0.39, 0.29) is 17.9 Å². The zero-order valence-electron chi connectivity index (χ0n) is 20.3. The Hall–Kier alpha value is -2.86. The summed E-state index contributed by atoms with van der Waals surface area (Å²) in [5.41, 5.74) is 3.16. The molecule has 1 aliphatic heterocycles. The molecule has 1 heterocycles. The number of hydrogen-bond donors (Lipinski definition) is 1. The molecule has 6 heteroatoms. The first-order valence-electron chi connectivity index (χ1n) is 11.9. The molecule has 0 aromatic heterocycles. The third-order valence-corrected chi connectivity index (χ3v) is 6.44. The number of para-hydroxylation sites is 1. The third kappa shape index (κ3) is 6.81. The SMILES string of the molecule is COc1ccc(CCC(=O)N2CCCN(C(C)C(=O)Nc3ccccc3C(C)C)CC2)cc1. The molecule has 1 unspecified atom stereocenters. The molecule has 2 aromatic rings. The molecule has 33 heavy (non-hydrogen) atoms. The largest absolute Gasteiger partial charge is 0.497 e. The lowest BCUT2D eigenvalue weighted by molar-refractivity contribution is -0.131. The van der Waals surface area contributed by atoms with E-state index in [0.29, 0.717) is 25.4 Å². The van der Waals surface area contributed by atoms with Crippen LogP contribution in [-0.2, 0) is 16.0 Å². The Balaban J connectivity index is 1.51.